The molecule has 0 radical (unpaired) electrons. The summed E-state index contributed by atoms with van der Waals surface area (Å²) in [5, 5.41) is 3.19. The van der Waals surface area contributed by atoms with Gasteiger partial charge in [0, 0.05) is 18.8 Å². The summed E-state index contributed by atoms with van der Waals surface area (Å²) in [5.74, 6) is 1.62. The van der Waals surface area contributed by atoms with Crippen LogP contribution in [-0.2, 0) is 0 Å². The van der Waals surface area contributed by atoms with Crippen LogP contribution >= 0.6 is 0 Å². The van der Waals surface area contributed by atoms with Crippen molar-refractivity contribution in [2.75, 3.05) is 25.5 Å². The molecule has 1 unspecified atom stereocenters. The van der Waals surface area contributed by atoms with E-state index in [0.717, 1.165) is 36.5 Å². The average Bonchev–Trinajstić information content (AvgIpc) is 2.61. The van der Waals surface area contributed by atoms with Gasteiger partial charge in [0.15, 0.2) is 0 Å². The fourth-order valence-corrected chi connectivity index (χ4v) is 3.31. The Balaban J connectivity index is 1.86. The lowest BCUT2D eigenvalue weighted by Crippen LogP contribution is -2.39. The molecule has 138 valence electrons. The Kier molecular flexibility index (Phi) is 5.40. The van der Waals surface area contributed by atoms with Crippen molar-refractivity contribution < 1.29 is 9.53 Å². The van der Waals surface area contributed by atoms with Crippen LogP contribution in [0, 0.1) is 19.8 Å². The first-order valence-corrected chi connectivity index (χ1v) is 9.03. The van der Waals surface area contributed by atoms with Gasteiger partial charge in [0.1, 0.15) is 11.4 Å². The Hall–Kier alpha value is -2.63. The Morgan fingerprint density at radius 2 is 2.08 bits per heavy atom. The third-order valence-corrected chi connectivity index (χ3v) is 4.62. The van der Waals surface area contributed by atoms with Gasteiger partial charge in [-0.1, -0.05) is 13.0 Å². The molecule has 1 atom stereocenters. The molecule has 1 aliphatic rings. The van der Waals surface area contributed by atoms with Crippen molar-refractivity contribution in [1.82, 2.24) is 14.9 Å². The zero-order chi connectivity index (χ0) is 18.7. The van der Waals surface area contributed by atoms with E-state index in [-0.39, 0.29) is 5.91 Å². The number of aromatic nitrogens is 2. The SMILES string of the molecule is COc1ccc(C)cc1Nc1nc(C)cc(C(=O)N2CCCC(C)C2)n1. The molecule has 1 saturated heterocycles. The molecule has 1 fully saturated rings. The van der Waals surface area contributed by atoms with Crippen molar-refractivity contribution in [3.8, 4) is 5.75 Å². The summed E-state index contributed by atoms with van der Waals surface area (Å²) in [6, 6.07) is 7.60. The van der Waals surface area contributed by atoms with E-state index in [1.165, 1.54) is 6.42 Å². The van der Waals surface area contributed by atoms with Crippen molar-refractivity contribution in [1.29, 1.82) is 0 Å². The van der Waals surface area contributed by atoms with Gasteiger partial charge in [-0.15, -0.1) is 0 Å². The van der Waals surface area contributed by atoms with Crippen molar-refractivity contribution in [3.63, 3.8) is 0 Å². The number of carbonyl (C=O) groups is 1. The number of likely N-dealkylation sites (tertiary alicyclic amines) is 1. The molecule has 1 aliphatic heterocycles. The van der Waals surface area contributed by atoms with Gasteiger partial charge in [0.05, 0.1) is 12.8 Å². The number of ether oxygens (including phenoxy) is 1. The monoisotopic (exact) mass is 354 g/mol. The predicted molar refractivity (Wildman–Crippen MR) is 102 cm³/mol. The van der Waals surface area contributed by atoms with Crippen LogP contribution in [0.4, 0.5) is 11.6 Å². The maximum absolute atomic E-state index is 12.9. The van der Waals surface area contributed by atoms with E-state index < -0.39 is 0 Å². The molecule has 0 bridgehead atoms. The van der Waals surface area contributed by atoms with Gasteiger partial charge in [-0.3, -0.25) is 4.79 Å². The van der Waals surface area contributed by atoms with E-state index in [0.29, 0.717) is 23.3 Å². The van der Waals surface area contributed by atoms with E-state index in [1.807, 2.05) is 36.9 Å². The van der Waals surface area contributed by atoms with E-state index in [2.05, 4.69) is 22.2 Å². The summed E-state index contributed by atoms with van der Waals surface area (Å²) in [6.45, 7) is 7.64. The molecular formula is C20H26N4O2. The van der Waals surface area contributed by atoms with Crippen LogP contribution < -0.4 is 10.1 Å². The molecule has 0 saturated carbocycles. The molecule has 2 heterocycles. The fourth-order valence-electron chi connectivity index (χ4n) is 3.31. The maximum Gasteiger partial charge on any atom is 0.272 e. The number of benzene rings is 1. The molecule has 0 spiro atoms. The Morgan fingerprint density at radius 1 is 1.27 bits per heavy atom. The van der Waals surface area contributed by atoms with Crippen LogP contribution in [0.3, 0.4) is 0 Å². The molecule has 3 rings (SSSR count). The number of nitrogens with zero attached hydrogens (tertiary/aromatic N) is 3. The quantitative estimate of drug-likeness (QED) is 0.906. The van der Waals surface area contributed by atoms with E-state index in [4.69, 9.17) is 4.74 Å². The summed E-state index contributed by atoms with van der Waals surface area (Å²) in [7, 11) is 1.62. The number of aryl methyl sites for hydroxylation is 2. The van der Waals surface area contributed by atoms with Gasteiger partial charge >= 0.3 is 0 Å². The molecule has 1 N–H and O–H groups in total. The number of hydrogen-bond donors (Lipinski definition) is 1. The molecule has 0 aliphatic carbocycles. The largest absolute Gasteiger partial charge is 0.495 e. The van der Waals surface area contributed by atoms with Crippen LogP contribution in [0.15, 0.2) is 24.3 Å². The highest BCUT2D eigenvalue weighted by atomic mass is 16.5. The number of nitrogens with one attached hydrogen (secondary N) is 1. The first-order valence-electron chi connectivity index (χ1n) is 9.03. The third-order valence-electron chi connectivity index (χ3n) is 4.62. The van der Waals surface area contributed by atoms with Crippen molar-refractivity contribution in [2.24, 2.45) is 5.92 Å². The topological polar surface area (TPSA) is 67.3 Å². The first kappa shape index (κ1) is 18.2. The number of piperidine rings is 1. The minimum absolute atomic E-state index is 0.0266. The second-order valence-corrected chi connectivity index (χ2v) is 7.05. The number of anilines is 2. The lowest BCUT2D eigenvalue weighted by Gasteiger charge is -2.30. The molecule has 1 amide bonds. The highest BCUT2D eigenvalue weighted by molar-refractivity contribution is 5.92. The minimum atomic E-state index is -0.0266. The van der Waals surface area contributed by atoms with Crippen molar-refractivity contribution in [2.45, 2.75) is 33.6 Å². The van der Waals surface area contributed by atoms with Gasteiger partial charge in [0.25, 0.3) is 5.91 Å². The second-order valence-electron chi connectivity index (χ2n) is 7.05. The summed E-state index contributed by atoms with van der Waals surface area (Å²) < 4.78 is 5.39. The number of hydrogen-bond acceptors (Lipinski definition) is 5. The van der Waals surface area contributed by atoms with E-state index >= 15 is 0 Å². The second kappa shape index (κ2) is 7.72. The molecule has 6 heteroatoms. The Labute approximate surface area is 154 Å². The first-order chi connectivity index (χ1) is 12.5. The fraction of sp³-hybridized carbons (Fsp3) is 0.450. The van der Waals surface area contributed by atoms with Gasteiger partial charge in [-0.05, 0) is 56.4 Å². The van der Waals surface area contributed by atoms with Crippen LogP contribution in [0.1, 0.15) is 41.5 Å². The lowest BCUT2D eigenvalue weighted by molar-refractivity contribution is 0.0677. The van der Waals surface area contributed by atoms with Gasteiger partial charge in [-0.25, -0.2) is 9.97 Å². The van der Waals surface area contributed by atoms with Gasteiger partial charge < -0.3 is 15.0 Å². The third kappa shape index (κ3) is 4.12. The molecule has 2 aromatic rings. The minimum Gasteiger partial charge on any atom is -0.495 e. The van der Waals surface area contributed by atoms with E-state index in [9.17, 15) is 4.79 Å². The average molecular weight is 354 g/mol. The zero-order valence-corrected chi connectivity index (χ0v) is 15.9. The van der Waals surface area contributed by atoms with Crippen LogP contribution in [-0.4, -0.2) is 41.0 Å². The van der Waals surface area contributed by atoms with Crippen molar-refractivity contribution in [3.05, 3.63) is 41.2 Å². The normalized spacial score (nSPS) is 17.1. The molecular weight excluding hydrogens is 328 g/mol. The number of rotatable bonds is 4. The molecule has 1 aromatic carbocycles. The zero-order valence-electron chi connectivity index (χ0n) is 15.9. The van der Waals surface area contributed by atoms with Crippen molar-refractivity contribution >= 4 is 17.5 Å². The number of carbonyl (C=O) groups excluding carboxylic acids is 1. The Bertz CT molecular complexity index is 806. The highest BCUT2D eigenvalue weighted by Gasteiger charge is 2.23. The summed E-state index contributed by atoms with van der Waals surface area (Å²) >= 11 is 0. The lowest BCUT2D eigenvalue weighted by atomic mass is 10.00. The van der Waals surface area contributed by atoms with Crippen LogP contribution in [0.5, 0.6) is 5.75 Å². The number of amides is 1. The Morgan fingerprint density at radius 3 is 2.81 bits per heavy atom. The highest BCUT2D eigenvalue weighted by Crippen LogP contribution is 2.27. The van der Waals surface area contributed by atoms with Crippen LogP contribution in [0.2, 0.25) is 0 Å². The summed E-state index contributed by atoms with van der Waals surface area (Å²) in [6.07, 6.45) is 2.22. The number of methoxy groups -OCH3 is 1. The molecule has 1 aromatic heterocycles. The standard InChI is InChI=1S/C20H26N4O2/c1-13-7-8-18(26-4)16(10-13)22-20-21-15(3)11-17(23-20)19(25)24-9-5-6-14(2)12-24/h7-8,10-11,14H,5-6,9,12H2,1-4H3,(H,21,22,23). The van der Waals surface area contributed by atoms with E-state index in [1.54, 1.807) is 13.2 Å². The van der Waals surface area contributed by atoms with Gasteiger partial charge in [0.2, 0.25) is 5.95 Å². The maximum atomic E-state index is 12.9. The summed E-state index contributed by atoms with van der Waals surface area (Å²) in [5.41, 5.74) is 3.06. The van der Waals surface area contributed by atoms with Gasteiger partial charge in [-0.2, -0.15) is 0 Å². The molecule has 26 heavy (non-hydrogen) atoms. The predicted octanol–water partition coefficient (Wildman–Crippen LogP) is 3.72. The molecule has 6 nitrogen and oxygen atoms in total. The summed E-state index contributed by atoms with van der Waals surface area (Å²) in [4.78, 5) is 23.7. The van der Waals surface area contributed by atoms with Crippen LogP contribution in [0.25, 0.3) is 0 Å². The smallest absolute Gasteiger partial charge is 0.272 e.